The Bertz CT molecular complexity index is 2060. The number of nitrogens with zero attached hydrogens (tertiary/aromatic N) is 2. The van der Waals surface area contributed by atoms with Crippen molar-refractivity contribution in [3.63, 3.8) is 0 Å². The van der Waals surface area contributed by atoms with Gasteiger partial charge in [0.25, 0.3) is 0 Å². The van der Waals surface area contributed by atoms with Crippen LogP contribution in [0.1, 0.15) is 0 Å². The molecule has 0 aliphatic rings. The highest BCUT2D eigenvalue weighted by molar-refractivity contribution is 6.21. The Labute approximate surface area is 195 Å². The van der Waals surface area contributed by atoms with Gasteiger partial charge in [-0.1, -0.05) is 97.1 Å². The summed E-state index contributed by atoms with van der Waals surface area (Å²) in [6, 6.07) is 41.8. The second-order valence-corrected chi connectivity index (χ2v) is 9.02. The van der Waals surface area contributed by atoms with Crippen molar-refractivity contribution in [2.45, 2.75) is 0 Å². The number of benzene rings is 5. The summed E-state index contributed by atoms with van der Waals surface area (Å²) in [5, 5.41) is 6.37. The van der Waals surface area contributed by atoms with E-state index in [1.165, 1.54) is 65.6 Å². The second-order valence-electron chi connectivity index (χ2n) is 9.02. The van der Waals surface area contributed by atoms with Crippen LogP contribution in [0.25, 0.3) is 65.6 Å². The standard InChI is InChI=1S/C32H20N2/c1-2-10-21(11-3-1)27-20-33-28-17-6-4-12-22(28)24-14-8-15-25-23-13-5-7-18-29(23)34(31(24)25)30-19-9-16-26(27)32(30)33/h1-20H. The van der Waals surface area contributed by atoms with Gasteiger partial charge in [-0.15, -0.1) is 0 Å². The molecule has 3 aromatic heterocycles. The first-order chi connectivity index (χ1) is 16.9. The van der Waals surface area contributed by atoms with E-state index in [0.717, 1.165) is 0 Å². The van der Waals surface area contributed by atoms with E-state index in [0.29, 0.717) is 0 Å². The topological polar surface area (TPSA) is 8.82 Å². The molecule has 0 amide bonds. The van der Waals surface area contributed by atoms with Gasteiger partial charge in [0.15, 0.2) is 0 Å². The lowest BCUT2D eigenvalue weighted by Crippen LogP contribution is -1.93. The van der Waals surface area contributed by atoms with Gasteiger partial charge in [-0.2, -0.15) is 0 Å². The highest BCUT2D eigenvalue weighted by Gasteiger charge is 2.18. The van der Waals surface area contributed by atoms with E-state index in [1.807, 2.05) is 0 Å². The quantitative estimate of drug-likeness (QED) is 0.246. The lowest BCUT2D eigenvalue weighted by molar-refractivity contribution is 1.26. The Balaban J connectivity index is 1.79. The molecule has 158 valence electrons. The Morgan fingerprint density at radius 2 is 0.941 bits per heavy atom. The maximum Gasteiger partial charge on any atom is 0.0777 e. The Morgan fingerprint density at radius 1 is 0.382 bits per heavy atom. The summed E-state index contributed by atoms with van der Waals surface area (Å²) < 4.78 is 4.88. The van der Waals surface area contributed by atoms with Gasteiger partial charge in [0.2, 0.25) is 0 Å². The van der Waals surface area contributed by atoms with Crippen molar-refractivity contribution in [1.29, 1.82) is 0 Å². The zero-order valence-corrected chi connectivity index (χ0v) is 18.4. The summed E-state index contributed by atoms with van der Waals surface area (Å²) in [6.45, 7) is 0. The maximum absolute atomic E-state index is 2.48. The lowest BCUT2D eigenvalue weighted by atomic mass is 10.0. The SMILES string of the molecule is c1ccc(-c2cn3c4ccccc4c4cccc5c6ccccc6n(c6cccc2c63)c45)cc1. The minimum atomic E-state index is 1.21. The van der Waals surface area contributed by atoms with Gasteiger partial charge in [-0.25, -0.2) is 0 Å². The molecule has 8 aromatic rings. The molecule has 0 atom stereocenters. The van der Waals surface area contributed by atoms with Gasteiger partial charge < -0.3 is 8.80 Å². The summed E-state index contributed by atoms with van der Waals surface area (Å²) >= 11 is 0. The van der Waals surface area contributed by atoms with Crippen molar-refractivity contribution in [2.24, 2.45) is 0 Å². The molecule has 0 bridgehead atoms. The van der Waals surface area contributed by atoms with E-state index >= 15 is 0 Å². The number of rotatable bonds is 1. The predicted octanol–water partition coefficient (Wildman–Crippen LogP) is 8.47. The van der Waals surface area contributed by atoms with Crippen molar-refractivity contribution in [2.75, 3.05) is 0 Å². The highest BCUT2D eigenvalue weighted by atomic mass is 15.0. The van der Waals surface area contributed by atoms with E-state index in [1.54, 1.807) is 0 Å². The van der Waals surface area contributed by atoms with Crippen molar-refractivity contribution >= 4 is 54.5 Å². The number of hydrogen-bond acceptors (Lipinski definition) is 0. The Morgan fingerprint density at radius 3 is 1.74 bits per heavy atom. The van der Waals surface area contributed by atoms with Gasteiger partial charge in [0.05, 0.1) is 27.6 Å². The first-order valence-corrected chi connectivity index (χ1v) is 11.7. The molecule has 0 fully saturated rings. The normalized spacial score (nSPS) is 12.1. The predicted molar refractivity (Wildman–Crippen MR) is 144 cm³/mol. The number of aromatic nitrogens is 2. The molecule has 2 nitrogen and oxygen atoms in total. The molecule has 0 spiro atoms. The van der Waals surface area contributed by atoms with Crippen LogP contribution in [0.2, 0.25) is 0 Å². The van der Waals surface area contributed by atoms with E-state index in [-0.39, 0.29) is 0 Å². The molecule has 0 N–H and O–H groups in total. The van der Waals surface area contributed by atoms with Gasteiger partial charge in [-0.05, 0) is 23.8 Å². The third-order valence-corrected chi connectivity index (χ3v) is 7.28. The summed E-state index contributed by atoms with van der Waals surface area (Å²) in [5.41, 5.74) is 8.68. The number of para-hydroxylation sites is 4. The monoisotopic (exact) mass is 432 g/mol. The van der Waals surface area contributed by atoms with Crippen LogP contribution < -0.4 is 0 Å². The molecular weight excluding hydrogens is 412 g/mol. The van der Waals surface area contributed by atoms with Gasteiger partial charge in [0.1, 0.15) is 0 Å². The smallest absolute Gasteiger partial charge is 0.0777 e. The van der Waals surface area contributed by atoms with Crippen molar-refractivity contribution < 1.29 is 0 Å². The molecule has 5 aromatic carbocycles. The van der Waals surface area contributed by atoms with E-state index < -0.39 is 0 Å². The van der Waals surface area contributed by atoms with Crippen LogP contribution in [0.15, 0.2) is 121 Å². The summed E-state index contributed by atoms with van der Waals surface area (Å²) in [6.07, 6.45) is 2.32. The average molecular weight is 433 g/mol. The molecule has 0 radical (unpaired) electrons. The highest BCUT2D eigenvalue weighted by Crippen LogP contribution is 2.39. The fourth-order valence-corrected chi connectivity index (χ4v) is 5.88. The Kier molecular flexibility index (Phi) is 3.42. The lowest BCUT2D eigenvalue weighted by Gasteiger charge is -2.10. The minimum Gasteiger partial charge on any atom is -0.313 e. The van der Waals surface area contributed by atoms with Gasteiger partial charge in [0, 0.05) is 38.7 Å². The minimum absolute atomic E-state index is 1.21. The Hall–Kier alpha value is -4.56. The first kappa shape index (κ1) is 17.9. The van der Waals surface area contributed by atoms with Crippen LogP contribution in [-0.2, 0) is 0 Å². The fourth-order valence-electron chi connectivity index (χ4n) is 5.88. The first-order valence-electron chi connectivity index (χ1n) is 11.7. The van der Waals surface area contributed by atoms with Crippen molar-refractivity contribution in [3.05, 3.63) is 121 Å². The van der Waals surface area contributed by atoms with Crippen molar-refractivity contribution in [1.82, 2.24) is 8.80 Å². The van der Waals surface area contributed by atoms with E-state index in [9.17, 15) is 0 Å². The molecule has 0 saturated heterocycles. The third-order valence-electron chi connectivity index (χ3n) is 7.28. The molecule has 0 aliphatic heterocycles. The molecule has 0 unspecified atom stereocenters. The van der Waals surface area contributed by atoms with Crippen molar-refractivity contribution in [3.8, 4) is 11.1 Å². The van der Waals surface area contributed by atoms with Crippen LogP contribution in [-0.4, -0.2) is 8.80 Å². The molecule has 3 heterocycles. The average Bonchev–Trinajstić information content (AvgIpc) is 3.45. The van der Waals surface area contributed by atoms with Crippen LogP contribution in [0, 0.1) is 0 Å². The molecular formula is C32H20N2. The zero-order valence-electron chi connectivity index (χ0n) is 18.4. The maximum atomic E-state index is 2.48. The molecule has 8 rings (SSSR count). The van der Waals surface area contributed by atoms with Crippen LogP contribution in [0.4, 0.5) is 0 Å². The summed E-state index contributed by atoms with van der Waals surface area (Å²) in [5.74, 6) is 0. The fraction of sp³-hybridized carbons (Fsp3) is 0. The summed E-state index contributed by atoms with van der Waals surface area (Å²) in [7, 11) is 0. The zero-order chi connectivity index (χ0) is 22.2. The third kappa shape index (κ3) is 2.20. The van der Waals surface area contributed by atoms with E-state index in [4.69, 9.17) is 0 Å². The van der Waals surface area contributed by atoms with Gasteiger partial charge >= 0.3 is 0 Å². The van der Waals surface area contributed by atoms with Crippen LogP contribution in [0.5, 0.6) is 0 Å². The number of hydrogen-bond donors (Lipinski definition) is 0. The van der Waals surface area contributed by atoms with Crippen LogP contribution >= 0.6 is 0 Å². The van der Waals surface area contributed by atoms with E-state index in [2.05, 4.69) is 130 Å². The van der Waals surface area contributed by atoms with Gasteiger partial charge in [-0.3, -0.25) is 0 Å². The summed E-state index contributed by atoms with van der Waals surface area (Å²) in [4.78, 5) is 0. The largest absolute Gasteiger partial charge is 0.313 e. The molecule has 0 aliphatic carbocycles. The van der Waals surface area contributed by atoms with Crippen LogP contribution in [0.3, 0.4) is 0 Å². The molecule has 2 heteroatoms. The number of fused-ring (bicyclic) bond motifs is 7. The second kappa shape index (κ2) is 6.49. The molecule has 0 saturated carbocycles. The molecule has 34 heavy (non-hydrogen) atoms.